The monoisotopic (exact) mass is 265 g/mol. The summed E-state index contributed by atoms with van der Waals surface area (Å²) in [5.41, 5.74) is 7.30. The van der Waals surface area contributed by atoms with Crippen molar-refractivity contribution in [1.29, 1.82) is 0 Å². The van der Waals surface area contributed by atoms with Gasteiger partial charge in [0.1, 0.15) is 5.82 Å². The summed E-state index contributed by atoms with van der Waals surface area (Å²) in [6, 6.07) is 5.82. The Bertz CT molecular complexity index is 418. The second-order valence-corrected chi connectivity index (χ2v) is 5.05. The van der Waals surface area contributed by atoms with E-state index in [1.165, 1.54) is 6.07 Å². The van der Waals surface area contributed by atoms with Crippen molar-refractivity contribution in [3.8, 4) is 0 Å². The molecule has 1 atom stereocenters. The van der Waals surface area contributed by atoms with Crippen LogP contribution in [0.3, 0.4) is 0 Å². The number of halogens is 1. The van der Waals surface area contributed by atoms with Crippen LogP contribution in [0.2, 0.25) is 0 Å². The zero-order valence-corrected chi connectivity index (χ0v) is 11.9. The smallest absolute Gasteiger partial charge is 0.129 e. The fraction of sp³-hybridized carbons (Fsp3) is 0.600. The molecule has 1 fully saturated rings. The van der Waals surface area contributed by atoms with E-state index >= 15 is 0 Å². The number of likely N-dealkylation sites (N-methyl/N-ethyl adjacent to an activating group) is 1. The van der Waals surface area contributed by atoms with Crippen LogP contribution in [0.25, 0.3) is 0 Å². The first-order chi connectivity index (χ1) is 9.21. The van der Waals surface area contributed by atoms with E-state index in [0.29, 0.717) is 11.6 Å². The third kappa shape index (κ3) is 2.90. The molecular formula is C15H24FN3. The number of nitrogens with two attached hydrogens (primary N) is 1. The Labute approximate surface area is 115 Å². The van der Waals surface area contributed by atoms with Crippen molar-refractivity contribution < 1.29 is 4.39 Å². The molecule has 0 amide bonds. The van der Waals surface area contributed by atoms with Gasteiger partial charge >= 0.3 is 0 Å². The summed E-state index contributed by atoms with van der Waals surface area (Å²) in [6.07, 6.45) is 1.14. The van der Waals surface area contributed by atoms with E-state index in [1.54, 1.807) is 6.07 Å². The first kappa shape index (κ1) is 14.3. The molecule has 0 saturated carbocycles. The lowest BCUT2D eigenvalue weighted by atomic mass is 10.1. The third-order valence-electron chi connectivity index (χ3n) is 4.13. The van der Waals surface area contributed by atoms with Gasteiger partial charge in [-0.25, -0.2) is 4.39 Å². The number of benzene rings is 1. The number of anilines is 1. The van der Waals surface area contributed by atoms with Gasteiger partial charge in [-0.2, -0.15) is 0 Å². The predicted molar refractivity (Wildman–Crippen MR) is 77.8 cm³/mol. The van der Waals surface area contributed by atoms with Crippen LogP contribution in [-0.2, 0) is 6.54 Å². The Kier molecular flexibility index (Phi) is 4.77. The van der Waals surface area contributed by atoms with Gasteiger partial charge in [-0.15, -0.1) is 0 Å². The van der Waals surface area contributed by atoms with E-state index in [9.17, 15) is 4.39 Å². The molecule has 19 heavy (non-hydrogen) atoms. The van der Waals surface area contributed by atoms with Gasteiger partial charge in [0.25, 0.3) is 0 Å². The molecule has 1 heterocycles. The quantitative estimate of drug-likeness (QED) is 0.886. The molecule has 1 aliphatic rings. The third-order valence-corrected chi connectivity index (χ3v) is 4.13. The van der Waals surface area contributed by atoms with Crippen molar-refractivity contribution in [1.82, 2.24) is 4.90 Å². The maximum Gasteiger partial charge on any atom is 0.129 e. The van der Waals surface area contributed by atoms with Gasteiger partial charge < -0.3 is 10.6 Å². The van der Waals surface area contributed by atoms with Gasteiger partial charge in [-0.3, -0.25) is 4.90 Å². The molecule has 0 aromatic heterocycles. The Morgan fingerprint density at radius 2 is 2.11 bits per heavy atom. The van der Waals surface area contributed by atoms with Gasteiger partial charge in [0.2, 0.25) is 0 Å². The van der Waals surface area contributed by atoms with Crippen LogP contribution in [0.4, 0.5) is 10.1 Å². The molecule has 2 rings (SSSR count). The van der Waals surface area contributed by atoms with E-state index in [-0.39, 0.29) is 12.4 Å². The molecule has 0 bridgehead atoms. The zero-order chi connectivity index (χ0) is 13.8. The average molecular weight is 265 g/mol. The van der Waals surface area contributed by atoms with Crippen molar-refractivity contribution in [3.05, 3.63) is 29.6 Å². The summed E-state index contributed by atoms with van der Waals surface area (Å²) < 4.78 is 13.8. The maximum absolute atomic E-state index is 13.8. The minimum atomic E-state index is -0.189. The van der Waals surface area contributed by atoms with Crippen LogP contribution in [0.15, 0.2) is 18.2 Å². The molecule has 4 heteroatoms. The summed E-state index contributed by atoms with van der Waals surface area (Å²) in [4.78, 5) is 4.75. The van der Waals surface area contributed by atoms with Crippen molar-refractivity contribution in [2.75, 3.05) is 31.1 Å². The van der Waals surface area contributed by atoms with E-state index in [1.807, 2.05) is 6.07 Å². The number of rotatable bonds is 5. The van der Waals surface area contributed by atoms with Crippen LogP contribution in [0, 0.1) is 5.82 Å². The Morgan fingerprint density at radius 1 is 1.37 bits per heavy atom. The largest absolute Gasteiger partial charge is 0.370 e. The molecule has 1 unspecified atom stereocenters. The molecule has 2 N–H and O–H groups in total. The molecule has 0 spiro atoms. The SMILES string of the molecule is CCN(CC)C1CCN(c2cccc(F)c2CN)C1. The van der Waals surface area contributed by atoms with Crippen LogP contribution in [-0.4, -0.2) is 37.1 Å². The maximum atomic E-state index is 13.8. The van der Waals surface area contributed by atoms with Crippen molar-refractivity contribution >= 4 is 5.69 Å². The topological polar surface area (TPSA) is 32.5 Å². The highest BCUT2D eigenvalue weighted by molar-refractivity contribution is 5.55. The second kappa shape index (κ2) is 6.35. The summed E-state index contributed by atoms with van der Waals surface area (Å²) in [7, 11) is 0. The normalized spacial score (nSPS) is 19.4. The Balaban J connectivity index is 2.15. The summed E-state index contributed by atoms with van der Waals surface area (Å²) in [5.74, 6) is -0.189. The lowest BCUT2D eigenvalue weighted by molar-refractivity contribution is 0.232. The molecule has 0 aliphatic carbocycles. The summed E-state index contributed by atoms with van der Waals surface area (Å²) in [6.45, 7) is 8.74. The van der Waals surface area contributed by atoms with Gasteiger partial charge in [0.15, 0.2) is 0 Å². The first-order valence-electron chi connectivity index (χ1n) is 7.17. The number of hydrogen-bond donors (Lipinski definition) is 1. The van der Waals surface area contributed by atoms with Crippen LogP contribution in [0.1, 0.15) is 25.8 Å². The molecule has 106 valence electrons. The van der Waals surface area contributed by atoms with Gasteiger partial charge in [0.05, 0.1) is 0 Å². The van der Waals surface area contributed by atoms with Gasteiger partial charge in [-0.05, 0) is 31.6 Å². The molecule has 1 saturated heterocycles. The molecule has 3 nitrogen and oxygen atoms in total. The van der Waals surface area contributed by atoms with Crippen molar-refractivity contribution in [3.63, 3.8) is 0 Å². The minimum Gasteiger partial charge on any atom is -0.370 e. The molecule has 1 aromatic carbocycles. The summed E-state index contributed by atoms with van der Waals surface area (Å²) >= 11 is 0. The predicted octanol–water partition coefficient (Wildman–Crippen LogP) is 2.20. The molecule has 0 radical (unpaired) electrons. The van der Waals surface area contributed by atoms with Gasteiger partial charge in [-0.1, -0.05) is 19.9 Å². The summed E-state index contributed by atoms with van der Waals surface area (Å²) in [5, 5.41) is 0. The van der Waals surface area contributed by atoms with Crippen LogP contribution in [0.5, 0.6) is 0 Å². The zero-order valence-electron chi connectivity index (χ0n) is 11.9. The highest BCUT2D eigenvalue weighted by Gasteiger charge is 2.27. The lowest BCUT2D eigenvalue weighted by Gasteiger charge is -2.27. The van der Waals surface area contributed by atoms with Crippen molar-refractivity contribution in [2.45, 2.75) is 32.9 Å². The average Bonchev–Trinajstić information content (AvgIpc) is 2.89. The van der Waals surface area contributed by atoms with E-state index in [0.717, 1.165) is 38.3 Å². The standard InChI is InChI=1S/C15H24FN3/c1-3-18(4-2)12-8-9-19(11-12)15-7-5-6-14(16)13(15)10-17/h5-7,12H,3-4,8-11,17H2,1-2H3. The van der Waals surface area contributed by atoms with E-state index in [4.69, 9.17) is 5.73 Å². The highest BCUT2D eigenvalue weighted by atomic mass is 19.1. The minimum absolute atomic E-state index is 0.189. The molecule has 1 aliphatic heterocycles. The Hall–Kier alpha value is -1.13. The fourth-order valence-electron chi connectivity index (χ4n) is 3.04. The highest BCUT2D eigenvalue weighted by Crippen LogP contribution is 2.27. The molecule has 1 aromatic rings. The first-order valence-corrected chi connectivity index (χ1v) is 7.17. The number of nitrogens with zero attached hydrogens (tertiary/aromatic N) is 2. The lowest BCUT2D eigenvalue weighted by Crippen LogP contribution is -2.37. The van der Waals surface area contributed by atoms with Crippen molar-refractivity contribution in [2.24, 2.45) is 5.73 Å². The van der Waals surface area contributed by atoms with Crippen LogP contribution < -0.4 is 10.6 Å². The van der Waals surface area contributed by atoms with Gasteiger partial charge in [0, 0.05) is 36.9 Å². The van der Waals surface area contributed by atoms with E-state index in [2.05, 4.69) is 23.6 Å². The number of hydrogen-bond acceptors (Lipinski definition) is 3. The molecular weight excluding hydrogens is 241 g/mol. The second-order valence-electron chi connectivity index (χ2n) is 5.05. The fourth-order valence-corrected chi connectivity index (χ4v) is 3.04. The Morgan fingerprint density at radius 3 is 2.74 bits per heavy atom. The van der Waals surface area contributed by atoms with E-state index < -0.39 is 0 Å². The van der Waals surface area contributed by atoms with Crippen LogP contribution >= 0.6 is 0 Å².